The highest BCUT2D eigenvalue weighted by molar-refractivity contribution is 6.59. The van der Waals surface area contributed by atoms with E-state index in [0.717, 1.165) is 0 Å². The van der Waals surface area contributed by atoms with E-state index in [-0.39, 0.29) is 12.3 Å². The molecule has 21 heavy (non-hydrogen) atoms. The number of esters is 1. The summed E-state index contributed by atoms with van der Waals surface area (Å²) in [6, 6.07) is 1.41. The van der Waals surface area contributed by atoms with Crippen molar-refractivity contribution in [3.05, 3.63) is 11.8 Å². The molecule has 1 aromatic heterocycles. The molecule has 1 heterocycles. The van der Waals surface area contributed by atoms with Gasteiger partial charge in [-0.25, -0.2) is 4.79 Å². The third-order valence-electron chi connectivity index (χ3n) is 3.53. The minimum absolute atomic E-state index is 0.0954. The number of aryl methyl sites for hydroxylation is 1. The maximum Gasteiger partial charge on any atom is 0.511 e. The second-order valence-corrected chi connectivity index (χ2v) is 5.84. The molecular weight excluding hydrogens is 275 g/mol. The summed E-state index contributed by atoms with van der Waals surface area (Å²) in [6.45, 7) is 8.46. The fraction of sp³-hybridized carbons (Fsp3) is 0.692. The van der Waals surface area contributed by atoms with E-state index < -0.39 is 24.3 Å². The van der Waals surface area contributed by atoms with Crippen molar-refractivity contribution < 1.29 is 24.3 Å². The fourth-order valence-electron chi connectivity index (χ4n) is 1.50. The van der Waals surface area contributed by atoms with Crippen molar-refractivity contribution in [3.63, 3.8) is 0 Å². The SMILES string of the molecule is CCOC(=O)c1cc(B(O)OC(C)(C)C(C)(C)O)n(C)n1. The Morgan fingerprint density at radius 1 is 1.43 bits per heavy atom. The first kappa shape index (κ1) is 17.7. The molecule has 0 aliphatic rings. The average molecular weight is 298 g/mol. The number of aromatic nitrogens is 2. The Balaban J connectivity index is 2.94. The van der Waals surface area contributed by atoms with Crippen LogP contribution in [0, 0.1) is 0 Å². The molecule has 0 saturated heterocycles. The molecule has 0 unspecified atom stereocenters. The van der Waals surface area contributed by atoms with Gasteiger partial charge >= 0.3 is 13.1 Å². The van der Waals surface area contributed by atoms with E-state index in [0.29, 0.717) is 5.59 Å². The minimum Gasteiger partial charge on any atom is -0.461 e. The summed E-state index contributed by atoms with van der Waals surface area (Å²) in [7, 11) is 0.258. The number of carbonyl (C=O) groups is 1. The average Bonchev–Trinajstić information content (AvgIpc) is 2.69. The summed E-state index contributed by atoms with van der Waals surface area (Å²) in [5, 5.41) is 24.2. The van der Waals surface area contributed by atoms with Crippen LogP contribution >= 0.6 is 0 Å². The molecule has 0 atom stereocenters. The van der Waals surface area contributed by atoms with Crippen LogP contribution in [0.1, 0.15) is 45.1 Å². The first-order valence-corrected chi connectivity index (χ1v) is 6.79. The summed E-state index contributed by atoms with van der Waals surface area (Å²) in [4.78, 5) is 11.6. The number of carbonyl (C=O) groups excluding carboxylic acids is 1. The van der Waals surface area contributed by atoms with Gasteiger partial charge in [-0.3, -0.25) is 4.68 Å². The largest absolute Gasteiger partial charge is 0.511 e. The highest BCUT2D eigenvalue weighted by Crippen LogP contribution is 2.25. The van der Waals surface area contributed by atoms with Gasteiger partial charge < -0.3 is 19.5 Å². The normalized spacial score (nSPS) is 12.4. The third-order valence-corrected chi connectivity index (χ3v) is 3.53. The van der Waals surface area contributed by atoms with Crippen LogP contribution in [0.4, 0.5) is 0 Å². The van der Waals surface area contributed by atoms with Crippen LogP contribution in [0.3, 0.4) is 0 Å². The first-order valence-electron chi connectivity index (χ1n) is 6.79. The fourth-order valence-corrected chi connectivity index (χ4v) is 1.50. The van der Waals surface area contributed by atoms with Crippen molar-refractivity contribution in [1.82, 2.24) is 9.78 Å². The predicted octanol–water partition coefficient (Wildman–Crippen LogP) is -0.150. The monoisotopic (exact) mass is 298 g/mol. The van der Waals surface area contributed by atoms with Crippen LogP contribution < -0.4 is 5.59 Å². The van der Waals surface area contributed by atoms with Crippen LogP contribution in [-0.2, 0) is 16.4 Å². The molecule has 2 N–H and O–H groups in total. The molecule has 0 amide bonds. The predicted molar refractivity (Wildman–Crippen MR) is 78.2 cm³/mol. The standard InChI is InChI=1S/C13H23BN2O5/c1-7-20-11(17)9-8-10(16(6)15-9)14(19)21-13(4,5)12(2,3)18/h8,18-19H,7H2,1-6H3. The summed E-state index contributed by atoms with van der Waals surface area (Å²) in [5.41, 5.74) is -1.76. The molecule has 1 rings (SSSR count). The molecule has 0 spiro atoms. The lowest BCUT2D eigenvalue weighted by molar-refractivity contribution is -0.0984. The molecule has 118 valence electrons. The van der Waals surface area contributed by atoms with Crippen molar-refractivity contribution in [3.8, 4) is 0 Å². The molecule has 1 aromatic rings. The quantitative estimate of drug-likeness (QED) is 0.560. The van der Waals surface area contributed by atoms with Crippen LogP contribution in [0.15, 0.2) is 6.07 Å². The van der Waals surface area contributed by atoms with Crippen molar-refractivity contribution in [1.29, 1.82) is 0 Å². The van der Waals surface area contributed by atoms with Gasteiger partial charge in [0, 0.05) is 7.05 Å². The van der Waals surface area contributed by atoms with E-state index in [1.54, 1.807) is 41.7 Å². The maximum atomic E-state index is 11.6. The van der Waals surface area contributed by atoms with E-state index in [1.807, 2.05) is 0 Å². The number of nitrogens with zero attached hydrogens (tertiary/aromatic N) is 2. The van der Waals surface area contributed by atoms with E-state index in [2.05, 4.69) is 5.10 Å². The Hall–Kier alpha value is -1.38. The number of aliphatic hydroxyl groups is 1. The molecule has 8 heteroatoms. The molecule has 0 bridgehead atoms. The zero-order valence-corrected chi connectivity index (χ0v) is 13.4. The molecule has 7 nitrogen and oxygen atoms in total. The number of rotatable bonds is 6. The summed E-state index contributed by atoms with van der Waals surface area (Å²) in [6.07, 6.45) is 0. The number of ether oxygens (including phenoxy) is 1. The molecule has 0 saturated carbocycles. The molecule has 0 aliphatic heterocycles. The van der Waals surface area contributed by atoms with Crippen molar-refractivity contribution in [2.75, 3.05) is 6.61 Å². The van der Waals surface area contributed by atoms with E-state index >= 15 is 0 Å². The van der Waals surface area contributed by atoms with Crippen LogP contribution in [0.2, 0.25) is 0 Å². The lowest BCUT2D eigenvalue weighted by atomic mass is 9.80. The van der Waals surface area contributed by atoms with E-state index in [9.17, 15) is 14.9 Å². The van der Waals surface area contributed by atoms with Crippen LogP contribution in [0.5, 0.6) is 0 Å². The van der Waals surface area contributed by atoms with Gasteiger partial charge in [-0.05, 0) is 40.7 Å². The molecule has 0 aromatic carbocycles. The topological polar surface area (TPSA) is 93.8 Å². The molecule has 0 aliphatic carbocycles. The second kappa shape index (κ2) is 6.17. The number of hydrogen-bond donors (Lipinski definition) is 2. The van der Waals surface area contributed by atoms with Gasteiger partial charge in [0.15, 0.2) is 5.69 Å². The Bertz CT molecular complexity index is 507. The zero-order chi connectivity index (χ0) is 16.4. The summed E-state index contributed by atoms with van der Waals surface area (Å²) >= 11 is 0. The Kier molecular flexibility index (Phi) is 5.19. The molecule has 0 fully saturated rings. The van der Waals surface area contributed by atoms with E-state index in [1.165, 1.54) is 10.7 Å². The Morgan fingerprint density at radius 2 is 2.00 bits per heavy atom. The summed E-state index contributed by atoms with van der Waals surface area (Å²) in [5.74, 6) is -0.562. The second-order valence-electron chi connectivity index (χ2n) is 5.84. The maximum absolute atomic E-state index is 11.6. The van der Waals surface area contributed by atoms with Gasteiger partial charge in [0.1, 0.15) is 0 Å². The third kappa shape index (κ3) is 4.06. The Morgan fingerprint density at radius 3 is 2.48 bits per heavy atom. The van der Waals surface area contributed by atoms with Crippen molar-refractivity contribution in [2.24, 2.45) is 7.05 Å². The highest BCUT2D eigenvalue weighted by Gasteiger charge is 2.40. The van der Waals surface area contributed by atoms with Gasteiger partial charge in [0.2, 0.25) is 0 Å². The molecule has 0 radical (unpaired) electrons. The van der Waals surface area contributed by atoms with Gasteiger partial charge in [-0.15, -0.1) is 0 Å². The first-order chi connectivity index (χ1) is 9.49. The lowest BCUT2D eigenvalue weighted by Crippen LogP contribution is -2.54. The Labute approximate surface area is 125 Å². The lowest BCUT2D eigenvalue weighted by Gasteiger charge is -2.38. The smallest absolute Gasteiger partial charge is 0.461 e. The molecular formula is C13H23BN2O5. The van der Waals surface area contributed by atoms with Gasteiger partial charge in [-0.2, -0.15) is 5.10 Å². The van der Waals surface area contributed by atoms with Crippen molar-refractivity contribution >= 4 is 18.7 Å². The summed E-state index contributed by atoms with van der Waals surface area (Å²) < 4.78 is 11.7. The van der Waals surface area contributed by atoms with Crippen LogP contribution in [-0.4, -0.2) is 50.8 Å². The van der Waals surface area contributed by atoms with Crippen molar-refractivity contribution in [2.45, 2.75) is 45.8 Å². The van der Waals surface area contributed by atoms with E-state index in [4.69, 9.17) is 9.39 Å². The highest BCUT2D eigenvalue weighted by atomic mass is 16.6. The van der Waals surface area contributed by atoms with Gasteiger partial charge in [-0.1, -0.05) is 0 Å². The van der Waals surface area contributed by atoms with Crippen LogP contribution in [0.25, 0.3) is 0 Å². The zero-order valence-electron chi connectivity index (χ0n) is 13.4. The minimum atomic E-state index is -1.33. The van der Waals surface area contributed by atoms with Gasteiger partial charge in [0.25, 0.3) is 0 Å². The number of hydrogen-bond acceptors (Lipinski definition) is 6. The van der Waals surface area contributed by atoms with Gasteiger partial charge in [0.05, 0.1) is 23.4 Å².